The van der Waals surface area contributed by atoms with Crippen LogP contribution in [0, 0.1) is 37.1 Å². The molecule has 0 bridgehead atoms. The molecule has 0 aromatic heterocycles. The first kappa shape index (κ1) is 15.5. The van der Waals surface area contributed by atoms with Gasteiger partial charge in [-0.1, -0.05) is 12.1 Å². The molecule has 112 valence electrons. The lowest BCUT2D eigenvalue weighted by Gasteiger charge is -2.21. The molecule has 0 aliphatic heterocycles. The van der Waals surface area contributed by atoms with Gasteiger partial charge in [0, 0.05) is 11.1 Å². The Bertz CT molecular complexity index is 663. The summed E-state index contributed by atoms with van der Waals surface area (Å²) in [6.07, 6.45) is 0. The molecule has 2 aromatic carbocycles. The molecule has 0 saturated carbocycles. The lowest BCUT2D eigenvalue weighted by molar-refractivity contribution is 0.431. The molecule has 0 amide bonds. The SMILES string of the molecule is Cc1cc(C)c(C(NN)c2ccc(F)c(F)c2F)c(F)c1. The van der Waals surface area contributed by atoms with Crippen LogP contribution >= 0.6 is 0 Å². The fourth-order valence-electron chi connectivity index (χ4n) is 2.38. The van der Waals surface area contributed by atoms with Crippen LogP contribution in [0.4, 0.5) is 17.6 Å². The number of aryl methyl sites for hydroxylation is 2. The van der Waals surface area contributed by atoms with Gasteiger partial charge in [-0.25, -0.2) is 23.0 Å². The Morgan fingerprint density at radius 1 is 0.952 bits per heavy atom. The Morgan fingerprint density at radius 3 is 2.19 bits per heavy atom. The van der Waals surface area contributed by atoms with E-state index in [9.17, 15) is 17.6 Å². The molecule has 1 unspecified atom stereocenters. The van der Waals surface area contributed by atoms with Gasteiger partial charge >= 0.3 is 0 Å². The van der Waals surface area contributed by atoms with Gasteiger partial charge in [0.15, 0.2) is 17.5 Å². The molecule has 0 radical (unpaired) electrons. The van der Waals surface area contributed by atoms with Crippen LogP contribution in [-0.4, -0.2) is 0 Å². The third kappa shape index (κ3) is 2.77. The molecule has 0 spiro atoms. The van der Waals surface area contributed by atoms with Crippen LogP contribution in [-0.2, 0) is 0 Å². The molecular weight excluding hydrogens is 284 g/mol. The Labute approximate surface area is 119 Å². The number of benzene rings is 2. The molecule has 0 heterocycles. The molecule has 1 atom stereocenters. The monoisotopic (exact) mass is 298 g/mol. The summed E-state index contributed by atoms with van der Waals surface area (Å²) in [5, 5.41) is 0. The van der Waals surface area contributed by atoms with Crippen molar-refractivity contribution in [1.29, 1.82) is 0 Å². The van der Waals surface area contributed by atoms with E-state index in [0.29, 0.717) is 11.1 Å². The fraction of sp³-hybridized carbons (Fsp3) is 0.200. The maximum atomic E-state index is 14.2. The number of rotatable bonds is 3. The normalized spacial score (nSPS) is 12.5. The minimum Gasteiger partial charge on any atom is -0.271 e. The second-order valence-electron chi connectivity index (χ2n) is 4.84. The van der Waals surface area contributed by atoms with Crippen molar-refractivity contribution in [2.45, 2.75) is 19.9 Å². The second kappa shape index (κ2) is 5.83. The summed E-state index contributed by atoms with van der Waals surface area (Å²) in [4.78, 5) is 0. The van der Waals surface area contributed by atoms with Crippen LogP contribution in [0.3, 0.4) is 0 Å². The molecule has 0 saturated heterocycles. The average molecular weight is 298 g/mol. The maximum Gasteiger partial charge on any atom is 0.194 e. The Balaban J connectivity index is 2.64. The molecule has 2 rings (SSSR count). The molecule has 3 N–H and O–H groups in total. The van der Waals surface area contributed by atoms with Gasteiger partial charge in [0.2, 0.25) is 0 Å². The van der Waals surface area contributed by atoms with Crippen LogP contribution in [0.5, 0.6) is 0 Å². The summed E-state index contributed by atoms with van der Waals surface area (Å²) < 4.78 is 54.4. The highest BCUT2D eigenvalue weighted by Gasteiger charge is 2.25. The quantitative estimate of drug-likeness (QED) is 0.394. The number of hydrazine groups is 1. The Kier molecular flexibility index (Phi) is 4.29. The lowest BCUT2D eigenvalue weighted by Crippen LogP contribution is -2.31. The zero-order chi connectivity index (χ0) is 15.7. The van der Waals surface area contributed by atoms with E-state index in [2.05, 4.69) is 5.43 Å². The van der Waals surface area contributed by atoms with E-state index in [0.717, 1.165) is 12.1 Å². The van der Waals surface area contributed by atoms with Crippen molar-refractivity contribution in [1.82, 2.24) is 5.43 Å². The fourth-order valence-corrected chi connectivity index (χ4v) is 2.38. The molecule has 2 aromatic rings. The third-order valence-electron chi connectivity index (χ3n) is 3.31. The maximum absolute atomic E-state index is 14.2. The minimum absolute atomic E-state index is 0.0907. The second-order valence-corrected chi connectivity index (χ2v) is 4.84. The Morgan fingerprint density at radius 2 is 1.62 bits per heavy atom. The van der Waals surface area contributed by atoms with Crippen LogP contribution in [0.25, 0.3) is 0 Å². The summed E-state index contributed by atoms with van der Waals surface area (Å²) in [7, 11) is 0. The first-order valence-corrected chi connectivity index (χ1v) is 6.23. The van der Waals surface area contributed by atoms with Gasteiger partial charge in [-0.05, 0) is 37.1 Å². The van der Waals surface area contributed by atoms with Gasteiger partial charge in [0.05, 0.1) is 6.04 Å². The predicted molar refractivity (Wildman–Crippen MR) is 71.4 cm³/mol. The lowest BCUT2D eigenvalue weighted by atomic mass is 9.93. The number of hydrogen-bond acceptors (Lipinski definition) is 2. The molecule has 0 fully saturated rings. The van der Waals surface area contributed by atoms with E-state index in [1.54, 1.807) is 19.9 Å². The van der Waals surface area contributed by atoms with E-state index in [-0.39, 0.29) is 11.1 Å². The largest absolute Gasteiger partial charge is 0.271 e. The van der Waals surface area contributed by atoms with E-state index in [1.165, 1.54) is 6.07 Å². The first-order valence-electron chi connectivity index (χ1n) is 6.23. The summed E-state index contributed by atoms with van der Waals surface area (Å²) in [5.74, 6) is 0.456. The van der Waals surface area contributed by atoms with Crippen molar-refractivity contribution >= 4 is 0 Å². The van der Waals surface area contributed by atoms with E-state index >= 15 is 0 Å². The van der Waals surface area contributed by atoms with E-state index < -0.39 is 29.3 Å². The van der Waals surface area contributed by atoms with Gasteiger partial charge < -0.3 is 0 Å². The smallest absolute Gasteiger partial charge is 0.194 e. The molecule has 6 heteroatoms. The zero-order valence-corrected chi connectivity index (χ0v) is 11.5. The Hall–Kier alpha value is -1.92. The van der Waals surface area contributed by atoms with Crippen molar-refractivity contribution in [2.24, 2.45) is 5.84 Å². The van der Waals surface area contributed by atoms with Crippen LogP contribution in [0.15, 0.2) is 24.3 Å². The van der Waals surface area contributed by atoms with Crippen LogP contribution < -0.4 is 11.3 Å². The molecule has 21 heavy (non-hydrogen) atoms. The summed E-state index contributed by atoms with van der Waals surface area (Å²) in [6.45, 7) is 3.34. The highest BCUT2D eigenvalue weighted by atomic mass is 19.2. The van der Waals surface area contributed by atoms with Crippen molar-refractivity contribution in [3.63, 3.8) is 0 Å². The summed E-state index contributed by atoms with van der Waals surface area (Å²) >= 11 is 0. The van der Waals surface area contributed by atoms with Crippen molar-refractivity contribution in [3.8, 4) is 0 Å². The average Bonchev–Trinajstić information content (AvgIpc) is 2.41. The zero-order valence-electron chi connectivity index (χ0n) is 11.5. The topological polar surface area (TPSA) is 38.0 Å². The van der Waals surface area contributed by atoms with Crippen LogP contribution in [0.1, 0.15) is 28.3 Å². The van der Waals surface area contributed by atoms with Gasteiger partial charge in [0.25, 0.3) is 0 Å². The molecular formula is C15H14F4N2. The molecule has 2 nitrogen and oxygen atoms in total. The number of halogens is 4. The highest BCUT2D eigenvalue weighted by Crippen LogP contribution is 2.30. The summed E-state index contributed by atoms with van der Waals surface area (Å²) in [6, 6.07) is 3.65. The van der Waals surface area contributed by atoms with Crippen LogP contribution in [0.2, 0.25) is 0 Å². The van der Waals surface area contributed by atoms with Gasteiger partial charge in [-0.15, -0.1) is 0 Å². The van der Waals surface area contributed by atoms with Crippen molar-refractivity contribution in [3.05, 3.63) is 69.8 Å². The highest BCUT2D eigenvalue weighted by molar-refractivity contribution is 5.40. The predicted octanol–water partition coefficient (Wildman–Crippen LogP) is 3.41. The standard InChI is InChI=1S/C15H14F4N2/c1-7-5-8(2)12(11(17)6-7)15(21-20)9-3-4-10(16)14(19)13(9)18/h3-6,15,21H,20H2,1-2H3. The number of nitrogens with two attached hydrogens (primary N) is 1. The van der Waals surface area contributed by atoms with Gasteiger partial charge in [-0.3, -0.25) is 5.84 Å². The molecule has 0 aliphatic rings. The van der Waals surface area contributed by atoms with Gasteiger partial charge in [0.1, 0.15) is 5.82 Å². The molecule has 0 aliphatic carbocycles. The van der Waals surface area contributed by atoms with E-state index in [1.807, 2.05) is 0 Å². The summed E-state index contributed by atoms with van der Waals surface area (Å²) in [5.41, 5.74) is 3.30. The minimum atomic E-state index is -1.61. The van der Waals surface area contributed by atoms with E-state index in [4.69, 9.17) is 5.84 Å². The first-order chi connectivity index (χ1) is 9.86. The van der Waals surface area contributed by atoms with Gasteiger partial charge in [-0.2, -0.15) is 0 Å². The third-order valence-corrected chi connectivity index (χ3v) is 3.31. The number of hydrogen-bond donors (Lipinski definition) is 2. The van der Waals surface area contributed by atoms with Crippen molar-refractivity contribution in [2.75, 3.05) is 0 Å². The van der Waals surface area contributed by atoms with Crippen molar-refractivity contribution < 1.29 is 17.6 Å². The number of nitrogens with one attached hydrogen (secondary N) is 1.